The molecule has 0 heterocycles. The number of rotatable bonds is 8. The van der Waals surface area contributed by atoms with Crippen LogP contribution < -0.4 is 0 Å². The van der Waals surface area contributed by atoms with Crippen LogP contribution in [0, 0.1) is 0 Å². The molecule has 0 saturated heterocycles. The van der Waals surface area contributed by atoms with Gasteiger partial charge in [-0.15, -0.1) is 16.5 Å². The number of unbranched alkanes of at least 4 members (excludes halogenated alkanes) is 1. The predicted octanol–water partition coefficient (Wildman–Crippen LogP) is 7.93. The molecule has 1 atom stereocenters. The van der Waals surface area contributed by atoms with Crippen molar-refractivity contribution in [1.29, 1.82) is 0 Å². The molecule has 3 rings (SSSR count). The van der Waals surface area contributed by atoms with Crippen LogP contribution in [0.4, 0.5) is 0 Å². The maximum Gasteiger partial charge on any atom is -0.0207 e. The Morgan fingerprint density at radius 3 is 1.62 bits per heavy atom. The van der Waals surface area contributed by atoms with E-state index in [4.69, 9.17) is 0 Å². The molecule has 0 aliphatic heterocycles. The topological polar surface area (TPSA) is 0 Å². The first-order valence-electron chi connectivity index (χ1n) is 11.4. The van der Waals surface area contributed by atoms with E-state index in [1.165, 1.54) is 52.0 Å². The minimum absolute atomic E-state index is 0.375. The molecular weight excluding hydrogens is 326 g/mol. The summed E-state index contributed by atoms with van der Waals surface area (Å²) in [6, 6.07) is 0. The van der Waals surface area contributed by atoms with E-state index in [0.717, 1.165) is 5.66 Å². The van der Waals surface area contributed by atoms with Gasteiger partial charge in [0.25, 0.3) is 0 Å². The Bertz CT molecular complexity index is 294. The average Bonchev–Trinajstić information content (AvgIpc) is 2.67. The molecule has 0 bridgehead atoms. The molecule has 0 amide bonds. The van der Waals surface area contributed by atoms with Gasteiger partial charge >= 0.3 is 0 Å². The summed E-state index contributed by atoms with van der Waals surface area (Å²) < 4.78 is 0. The van der Waals surface area contributed by atoms with Crippen LogP contribution in [-0.2, 0) is 0 Å². The highest BCUT2D eigenvalue weighted by atomic mass is 31.1. The lowest BCUT2D eigenvalue weighted by molar-refractivity contribution is 0.483. The summed E-state index contributed by atoms with van der Waals surface area (Å²) in [5.74, 6) is 0. The van der Waals surface area contributed by atoms with Gasteiger partial charge in [-0.25, -0.2) is 0 Å². The SMILES string of the molecule is C1CCC(PCCCCP(C2CCCCC2)C2CCCCC2)CC1. The van der Waals surface area contributed by atoms with Gasteiger partial charge in [-0.05, 0) is 80.7 Å². The first-order chi connectivity index (χ1) is 11.9. The van der Waals surface area contributed by atoms with E-state index in [2.05, 4.69) is 0 Å². The Morgan fingerprint density at radius 2 is 1.08 bits per heavy atom. The Morgan fingerprint density at radius 1 is 0.583 bits per heavy atom. The Labute approximate surface area is 155 Å². The molecule has 140 valence electrons. The van der Waals surface area contributed by atoms with Crippen molar-refractivity contribution in [3.8, 4) is 0 Å². The van der Waals surface area contributed by atoms with Gasteiger partial charge in [0.15, 0.2) is 0 Å². The van der Waals surface area contributed by atoms with Gasteiger partial charge in [-0.1, -0.05) is 57.8 Å². The zero-order chi connectivity index (χ0) is 16.5. The van der Waals surface area contributed by atoms with E-state index in [-0.39, 0.29) is 0 Å². The van der Waals surface area contributed by atoms with Gasteiger partial charge < -0.3 is 0 Å². The van der Waals surface area contributed by atoms with Crippen LogP contribution in [0.3, 0.4) is 0 Å². The predicted molar refractivity (Wildman–Crippen MR) is 115 cm³/mol. The molecule has 3 saturated carbocycles. The van der Waals surface area contributed by atoms with Gasteiger partial charge in [0.2, 0.25) is 0 Å². The fourth-order valence-electron chi connectivity index (χ4n) is 5.52. The third-order valence-corrected chi connectivity index (χ3v) is 12.5. The van der Waals surface area contributed by atoms with Crippen LogP contribution >= 0.6 is 16.5 Å². The summed E-state index contributed by atoms with van der Waals surface area (Å²) in [4.78, 5) is 0. The Hall–Kier alpha value is 0.860. The summed E-state index contributed by atoms with van der Waals surface area (Å²) in [5, 5.41) is 0. The second kappa shape index (κ2) is 11.5. The van der Waals surface area contributed by atoms with Crippen molar-refractivity contribution in [2.75, 3.05) is 12.3 Å². The highest BCUT2D eigenvalue weighted by molar-refractivity contribution is 7.59. The molecule has 3 fully saturated rings. The second-order valence-electron chi connectivity index (χ2n) is 8.82. The van der Waals surface area contributed by atoms with Gasteiger partial charge in [0.05, 0.1) is 0 Å². The second-order valence-corrected chi connectivity index (χ2v) is 13.5. The largest absolute Gasteiger partial charge is 0.119 e. The molecule has 0 N–H and O–H groups in total. The molecular formula is C22H42P2. The molecule has 0 spiro atoms. The lowest BCUT2D eigenvalue weighted by Crippen LogP contribution is -2.22. The van der Waals surface area contributed by atoms with Gasteiger partial charge in [0.1, 0.15) is 0 Å². The average molecular weight is 369 g/mol. The fourth-order valence-corrected chi connectivity index (χ4v) is 11.2. The molecule has 3 aliphatic rings. The quantitative estimate of drug-likeness (QED) is 0.301. The summed E-state index contributed by atoms with van der Waals surface area (Å²) in [6.45, 7) is 0. The van der Waals surface area contributed by atoms with Crippen molar-refractivity contribution in [3.63, 3.8) is 0 Å². The van der Waals surface area contributed by atoms with E-state index in [1.807, 2.05) is 0 Å². The van der Waals surface area contributed by atoms with Crippen molar-refractivity contribution < 1.29 is 0 Å². The molecule has 0 nitrogen and oxygen atoms in total. The molecule has 1 unspecified atom stereocenters. The zero-order valence-electron chi connectivity index (χ0n) is 16.1. The summed E-state index contributed by atoms with van der Waals surface area (Å²) >= 11 is 0. The fraction of sp³-hybridized carbons (Fsp3) is 1.00. The Kier molecular flexibility index (Phi) is 9.44. The highest BCUT2D eigenvalue weighted by Crippen LogP contribution is 2.56. The maximum absolute atomic E-state index is 1.65. The first-order valence-corrected chi connectivity index (χ1v) is 14.4. The van der Waals surface area contributed by atoms with Crippen LogP contribution in [0.2, 0.25) is 0 Å². The van der Waals surface area contributed by atoms with Crippen molar-refractivity contribution in [1.82, 2.24) is 0 Å². The summed E-state index contributed by atoms with van der Waals surface area (Å²) in [7, 11) is 1.68. The standard InChI is InChI=1S/C22H42P2/c1-4-12-20(13-5-1)23-18-10-11-19-24(21-14-6-2-7-15-21)22-16-8-3-9-17-22/h20-23H,1-19H2. The molecule has 3 aliphatic carbocycles. The first kappa shape index (κ1) is 19.6. The van der Waals surface area contributed by atoms with E-state index < -0.39 is 0 Å². The third-order valence-electron chi connectivity index (χ3n) is 6.97. The molecule has 24 heavy (non-hydrogen) atoms. The lowest BCUT2D eigenvalue weighted by atomic mass is 9.99. The van der Waals surface area contributed by atoms with E-state index in [9.17, 15) is 0 Å². The molecule has 0 aromatic heterocycles. The van der Waals surface area contributed by atoms with Crippen molar-refractivity contribution in [2.24, 2.45) is 0 Å². The Balaban J connectivity index is 1.37. The molecule has 0 radical (unpaired) electrons. The molecule has 0 aromatic rings. The normalized spacial score (nSPS) is 25.9. The van der Waals surface area contributed by atoms with Crippen LogP contribution in [0.25, 0.3) is 0 Å². The monoisotopic (exact) mass is 368 g/mol. The minimum atomic E-state index is 0.375. The molecule has 2 heteroatoms. The van der Waals surface area contributed by atoms with Crippen LogP contribution in [0.5, 0.6) is 0 Å². The van der Waals surface area contributed by atoms with Crippen molar-refractivity contribution >= 4 is 16.5 Å². The maximum atomic E-state index is 1.65. The van der Waals surface area contributed by atoms with Gasteiger partial charge in [-0.3, -0.25) is 0 Å². The van der Waals surface area contributed by atoms with Crippen molar-refractivity contribution in [2.45, 2.75) is 126 Å². The van der Waals surface area contributed by atoms with Crippen LogP contribution in [0.1, 0.15) is 109 Å². The lowest BCUT2D eigenvalue weighted by Gasteiger charge is -2.38. The van der Waals surface area contributed by atoms with Gasteiger partial charge in [0, 0.05) is 0 Å². The summed E-state index contributed by atoms with van der Waals surface area (Å²) in [6.07, 6.45) is 29.8. The number of hydrogen-bond acceptors (Lipinski definition) is 0. The third kappa shape index (κ3) is 6.54. The molecule has 0 aromatic carbocycles. The van der Waals surface area contributed by atoms with E-state index >= 15 is 0 Å². The minimum Gasteiger partial charge on any atom is -0.119 e. The number of hydrogen-bond donors (Lipinski definition) is 0. The highest BCUT2D eigenvalue weighted by Gasteiger charge is 2.30. The zero-order valence-corrected chi connectivity index (χ0v) is 18.0. The van der Waals surface area contributed by atoms with Crippen LogP contribution in [-0.4, -0.2) is 29.3 Å². The van der Waals surface area contributed by atoms with Gasteiger partial charge in [-0.2, -0.15) is 0 Å². The van der Waals surface area contributed by atoms with Crippen molar-refractivity contribution in [3.05, 3.63) is 0 Å². The van der Waals surface area contributed by atoms with E-state index in [0.29, 0.717) is 7.92 Å². The van der Waals surface area contributed by atoms with Crippen LogP contribution in [0.15, 0.2) is 0 Å². The smallest absolute Gasteiger partial charge is 0.0207 e. The summed E-state index contributed by atoms with van der Waals surface area (Å²) in [5.41, 5.74) is 3.49. The van der Waals surface area contributed by atoms with E-state index in [1.54, 1.807) is 89.4 Å².